The molecule has 3 nitrogen and oxygen atoms in total. The fraction of sp³-hybridized carbons (Fsp3) is 0.176. The minimum atomic E-state index is -0.0692. The van der Waals surface area contributed by atoms with Crippen LogP contribution in [-0.2, 0) is 4.79 Å². The van der Waals surface area contributed by atoms with E-state index in [4.69, 9.17) is 12.2 Å². The van der Waals surface area contributed by atoms with Crippen LogP contribution in [-0.4, -0.2) is 27.1 Å². The van der Waals surface area contributed by atoms with Crippen molar-refractivity contribution >= 4 is 34.2 Å². The van der Waals surface area contributed by atoms with Crippen LogP contribution in [0.15, 0.2) is 65.4 Å². The van der Waals surface area contributed by atoms with E-state index in [9.17, 15) is 4.79 Å². The number of amides is 1. The van der Waals surface area contributed by atoms with Crippen molar-refractivity contribution in [2.24, 2.45) is 0 Å². The first-order valence-electron chi connectivity index (χ1n) is 7.02. The predicted molar refractivity (Wildman–Crippen MR) is 95.0 cm³/mol. The third-order valence-electron chi connectivity index (χ3n) is 3.76. The van der Waals surface area contributed by atoms with E-state index in [0.717, 1.165) is 11.3 Å². The highest BCUT2D eigenvalue weighted by atomic mass is 32.2. The molecular weight excluding hydrogens is 312 g/mol. The van der Waals surface area contributed by atoms with Gasteiger partial charge in [-0.15, -0.1) is 0 Å². The van der Waals surface area contributed by atoms with Crippen LogP contribution in [0, 0.1) is 0 Å². The van der Waals surface area contributed by atoms with Crippen LogP contribution in [0.2, 0.25) is 0 Å². The molecular formula is C17H16N2OS2. The summed E-state index contributed by atoms with van der Waals surface area (Å²) in [6.45, 7) is 2.01. The lowest BCUT2D eigenvalue weighted by molar-refractivity contribution is -0.123. The van der Waals surface area contributed by atoms with Crippen LogP contribution in [0.1, 0.15) is 18.5 Å². The number of nitrogens with zero attached hydrogens (tertiary/aromatic N) is 2. The molecule has 0 radical (unpaired) electrons. The van der Waals surface area contributed by atoms with E-state index in [1.165, 1.54) is 11.8 Å². The van der Waals surface area contributed by atoms with Gasteiger partial charge in [0, 0.05) is 13.2 Å². The van der Waals surface area contributed by atoms with Gasteiger partial charge >= 0.3 is 0 Å². The number of benzene rings is 1. The van der Waals surface area contributed by atoms with Crippen molar-refractivity contribution in [1.82, 2.24) is 9.80 Å². The normalized spacial score (nSPS) is 22.6. The summed E-state index contributed by atoms with van der Waals surface area (Å²) in [7, 11) is 1.93. The van der Waals surface area contributed by atoms with Crippen LogP contribution >= 0.6 is 24.0 Å². The molecule has 2 aliphatic heterocycles. The molecule has 1 aromatic rings. The van der Waals surface area contributed by atoms with E-state index in [0.29, 0.717) is 9.23 Å². The highest BCUT2D eigenvalue weighted by Crippen LogP contribution is 2.39. The number of allylic oxidation sites excluding steroid dienone is 3. The monoisotopic (exact) mass is 328 g/mol. The predicted octanol–water partition coefficient (Wildman–Crippen LogP) is 3.83. The van der Waals surface area contributed by atoms with E-state index in [2.05, 4.69) is 0 Å². The summed E-state index contributed by atoms with van der Waals surface area (Å²) in [4.78, 5) is 17.2. The molecule has 2 heterocycles. The number of thioether (sulfide) groups is 1. The Morgan fingerprint density at radius 2 is 1.91 bits per heavy atom. The maximum absolute atomic E-state index is 12.9. The lowest BCUT2D eigenvalue weighted by Gasteiger charge is -2.24. The molecule has 0 aromatic heterocycles. The van der Waals surface area contributed by atoms with Crippen LogP contribution in [0.5, 0.6) is 0 Å². The molecule has 0 N–H and O–H groups in total. The molecule has 1 fully saturated rings. The fourth-order valence-corrected chi connectivity index (χ4v) is 4.02. The lowest BCUT2D eigenvalue weighted by Crippen LogP contribution is -2.31. The van der Waals surface area contributed by atoms with Gasteiger partial charge in [-0.3, -0.25) is 9.69 Å². The Hall–Kier alpha value is -1.85. The first-order valence-corrected chi connectivity index (χ1v) is 8.24. The highest BCUT2D eigenvalue weighted by molar-refractivity contribution is 8.26. The molecule has 1 unspecified atom stereocenters. The van der Waals surface area contributed by atoms with Crippen molar-refractivity contribution < 1.29 is 4.79 Å². The van der Waals surface area contributed by atoms with E-state index in [1.807, 2.05) is 73.6 Å². The lowest BCUT2D eigenvalue weighted by atomic mass is 10.1. The number of likely N-dealkylation sites (N-methyl/N-ethyl adjacent to an activating group) is 1. The molecule has 1 aromatic carbocycles. The second-order valence-corrected chi connectivity index (χ2v) is 6.80. The maximum Gasteiger partial charge on any atom is 0.268 e. The largest absolute Gasteiger partial charge is 0.350 e. The minimum absolute atomic E-state index is 0.0202. The first kappa shape index (κ1) is 15.1. The van der Waals surface area contributed by atoms with Crippen molar-refractivity contribution in [3.8, 4) is 0 Å². The Morgan fingerprint density at radius 3 is 2.59 bits per heavy atom. The zero-order valence-electron chi connectivity index (χ0n) is 12.4. The fourth-order valence-electron chi connectivity index (χ4n) is 2.51. The maximum atomic E-state index is 12.9. The van der Waals surface area contributed by atoms with Gasteiger partial charge in [0.2, 0.25) is 0 Å². The number of hydrogen-bond acceptors (Lipinski definition) is 4. The van der Waals surface area contributed by atoms with E-state index in [-0.39, 0.29) is 11.9 Å². The van der Waals surface area contributed by atoms with Crippen LogP contribution in [0.4, 0.5) is 0 Å². The van der Waals surface area contributed by atoms with Crippen molar-refractivity contribution in [3.63, 3.8) is 0 Å². The van der Waals surface area contributed by atoms with Gasteiger partial charge in [0.05, 0.1) is 11.7 Å². The van der Waals surface area contributed by atoms with Crippen molar-refractivity contribution in [1.29, 1.82) is 0 Å². The van der Waals surface area contributed by atoms with Gasteiger partial charge in [0.1, 0.15) is 9.23 Å². The molecule has 22 heavy (non-hydrogen) atoms. The number of hydrogen-bond donors (Lipinski definition) is 0. The standard InChI is InChI=1S/C17H16N2OS2/c1-12(13-8-4-3-5-9-13)19-16(20)15(22-17(19)21)14-10-6-7-11-18(14)2/h3-12H,1-2H3. The van der Waals surface area contributed by atoms with Gasteiger partial charge in [-0.1, -0.05) is 60.4 Å². The second-order valence-electron chi connectivity index (χ2n) is 5.16. The Kier molecular flexibility index (Phi) is 4.18. The summed E-state index contributed by atoms with van der Waals surface area (Å²) in [6.07, 6.45) is 7.75. The van der Waals surface area contributed by atoms with Gasteiger partial charge in [-0.05, 0) is 24.6 Å². The number of carbonyl (C=O) groups excluding carboxylic acids is 1. The molecule has 2 aliphatic rings. The number of rotatable bonds is 2. The molecule has 3 rings (SSSR count). The van der Waals surface area contributed by atoms with Gasteiger partial charge < -0.3 is 4.90 Å². The quantitative estimate of drug-likeness (QED) is 0.608. The van der Waals surface area contributed by atoms with Crippen molar-refractivity contribution in [2.45, 2.75) is 13.0 Å². The first-order chi connectivity index (χ1) is 10.6. The summed E-state index contributed by atoms with van der Waals surface area (Å²) < 4.78 is 0.611. The minimum Gasteiger partial charge on any atom is -0.350 e. The zero-order chi connectivity index (χ0) is 15.7. The van der Waals surface area contributed by atoms with E-state index < -0.39 is 0 Å². The Labute approximate surface area is 140 Å². The van der Waals surface area contributed by atoms with Crippen molar-refractivity contribution in [2.75, 3.05) is 7.05 Å². The second kappa shape index (κ2) is 6.10. The van der Waals surface area contributed by atoms with Crippen LogP contribution in [0.25, 0.3) is 0 Å². The smallest absolute Gasteiger partial charge is 0.268 e. The molecule has 1 amide bonds. The summed E-state index contributed by atoms with van der Waals surface area (Å²) in [5, 5.41) is 0. The zero-order valence-corrected chi connectivity index (χ0v) is 14.0. The van der Waals surface area contributed by atoms with Crippen LogP contribution in [0.3, 0.4) is 0 Å². The van der Waals surface area contributed by atoms with E-state index >= 15 is 0 Å². The molecule has 0 bridgehead atoms. The van der Waals surface area contributed by atoms with Gasteiger partial charge in [0.25, 0.3) is 5.91 Å². The molecule has 5 heteroatoms. The van der Waals surface area contributed by atoms with Crippen molar-refractivity contribution in [3.05, 3.63) is 70.9 Å². The average Bonchev–Trinajstić information content (AvgIpc) is 2.83. The number of carbonyl (C=O) groups is 1. The van der Waals surface area contributed by atoms with Gasteiger partial charge in [0.15, 0.2) is 0 Å². The number of thiocarbonyl (C=S) groups is 1. The van der Waals surface area contributed by atoms with Gasteiger partial charge in [-0.25, -0.2) is 0 Å². The molecule has 0 saturated carbocycles. The van der Waals surface area contributed by atoms with Gasteiger partial charge in [-0.2, -0.15) is 0 Å². The summed E-state index contributed by atoms with van der Waals surface area (Å²) in [6, 6.07) is 9.89. The molecule has 1 saturated heterocycles. The average molecular weight is 328 g/mol. The molecule has 112 valence electrons. The third kappa shape index (κ3) is 2.62. The Balaban J connectivity index is 1.94. The van der Waals surface area contributed by atoms with E-state index in [1.54, 1.807) is 4.90 Å². The Bertz CT molecular complexity index is 707. The summed E-state index contributed by atoms with van der Waals surface area (Å²) in [5.41, 5.74) is 1.97. The molecule has 0 spiro atoms. The molecule has 1 atom stereocenters. The summed E-state index contributed by atoms with van der Waals surface area (Å²) >= 11 is 6.83. The topological polar surface area (TPSA) is 23.6 Å². The third-order valence-corrected chi connectivity index (χ3v) is 5.16. The molecule has 0 aliphatic carbocycles. The Morgan fingerprint density at radius 1 is 1.18 bits per heavy atom. The van der Waals surface area contributed by atoms with Crippen LogP contribution < -0.4 is 0 Å². The summed E-state index contributed by atoms with van der Waals surface area (Å²) in [5.74, 6) is -0.0202. The SMILES string of the molecule is CC(c1ccccc1)N1C(=O)C(=C2C=CC=CN2C)SC1=S. The highest BCUT2D eigenvalue weighted by Gasteiger charge is 2.38.